The van der Waals surface area contributed by atoms with Crippen molar-refractivity contribution < 1.29 is 0 Å². The van der Waals surface area contributed by atoms with Crippen LogP contribution in [-0.4, -0.2) is 12.6 Å². The molecule has 1 unspecified atom stereocenters. The van der Waals surface area contributed by atoms with Crippen LogP contribution in [0, 0.1) is 0 Å². The van der Waals surface area contributed by atoms with Gasteiger partial charge in [0, 0.05) is 12.0 Å². The molecule has 1 N–H and O–H groups in total. The summed E-state index contributed by atoms with van der Waals surface area (Å²) in [4.78, 5) is 0. The summed E-state index contributed by atoms with van der Waals surface area (Å²) in [6.45, 7) is 3.31. The monoisotopic (exact) mass is 187 g/mol. The van der Waals surface area contributed by atoms with Crippen LogP contribution in [0.25, 0.3) is 0 Å². The molecule has 0 amide bonds. The first-order valence-corrected chi connectivity index (χ1v) is 5.72. The molecule has 1 aromatic rings. The molecule has 0 heterocycles. The van der Waals surface area contributed by atoms with Gasteiger partial charge in [-0.05, 0) is 36.4 Å². The third kappa shape index (κ3) is 1.05. The smallest absolute Gasteiger partial charge is 0.0142 e. The van der Waals surface area contributed by atoms with Gasteiger partial charge < -0.3 is 5.32 Å². The molecular weight excluding hydrogens is 170 g/mol. The third-order valence-electron chi connectivity index (χ3n) is 3.86. The zero-order valence-electron chi connectivity index (χ0n) is 8.66. The van der Waals surface area contributed by atoms with Crippen LogP contribution < -0.4 is 5.32 Å². The molecule has 2 aliphatic carbocycles. The van der Waals surface area contributed by atoms with Crippen molar-refractivity contribution in [1.29, 1.82) is 0 Å². The molecule has 0 aliphatic heterocycles. The van der Waals surface area contributed by atoms with Gasteiger partial charge in [-0.1, -0.05) is 31.2 Å². The van der Waals surface area contributed by atoms with Crippen LogP contribution >= 0.6 is 0 Å². The van der Waals surface area contributed by atoms with Gasteiger partial charge in [0.25, 0.3) is 0 Å². The molecule has 1 aromatic carbocycles. The molecule has 3 atom stereocenters. The Kier molecular flexibility index (Phi) is 1.88. The molecule has 2 bridgehead atoms. The highest BCUT2D eigenvalue weighted by atomic mass is 14.9. The number of nitrogens with one attached hydrogen (secondary N) is 1. The second-order valence-corrected chi connectivity index (χ2v) is 4.57. The molecule has 1 saturated carbocycles. The minimum absolute atomic E-state index is 0.750. The zero-order chi connectivity index (χ0) is 9.54. The largest absolute Gasteiger partial charge is 0.314 e. The van der Waals surface area contributed by atoms with Crippen LogP contribution in [-0.2, 0) is 0 Å². The lowest BCUT2D eigenvalue weighted by atomic mass is 9.88. The predicted octanol–water partition coefficient (Wildman–Crippen LogP) is 2.64. The Morgan fingerprint density at radius 1 is 1.21 bits per heavy atom. The maximum atomic E-state index is 3.62. The van der Waals surface area contributed by atoms with Crippen LogP contribution in [0.5, 0.6) is 0 Å². The summed E-state index contributed by atoms with van der Waals surface area (Å²) in [5.74, 6) is 1.65. The minimum atomic E-state index is 0.750. The van der Waals surface area contributed by atoms with E-state index in [-0.39, 0.29) is 0 Å². The third-order valence-corrected chi connectivity index (χ3v) is 3.86. The van der Waals surface area contributed by atoms with E-state index in [9.17, 15) is 0 Å². The Bertz CT molecular complexity index is 345. The number of likely N-dealkylation sites (N-methyl/N-ethyl adjacent to an activating group) is 1. The molecule has 0 spiro atoms. The fourth-order valence-corrected chi connectivity index (χ4v) is 3.34. The van der Waals surface area contributed by atoms with Gasteiger partial charge in [-0.2, -0.15) is 0 Å². The Labute approximate surface area is 85.5 Å². The lowest BCUT2D eigenvalue weighted by Crippen LogP contribution is -2.32. The van der Waals surface area contributed by atoms with Gasteiger partial charge in [0.1, 0.15) is 0 Å². The summed E-state index contributed by atoms with van der Waals surface area (Å²) in [6.07, 6.45) is 2.74. The van der Waals surface area contributed by atoms with Crippen LogP contribution in [0.3, 0.4) is 0 Å². The van der Waals surface area contributed by atoms with Crippen molar-refractivity contribution in [3.05, 3.63) is 35.4 Å². The second-order valence-electron chi connectivity index (χ2n) is 4.57. The molecule has 3 rings (SSSR count). The van der Waals surface area contributed by atoms with Crippen LogP contribution in [0.1, 0.15) is 42.7 Å². The lowest BCUT2D eigenvalue weighted by Gasteiger charge is -2.24. The van der Waals surface area contributed by atoms with E-state index in [1.165, 1.54) is 12.8 Å². The highest BCUT2D eigenvalue weighted by Crippen LogP contribution is 2.52. The standard InChI is InChI=1S/C13H17N/c1-2-14-13-8-9-7-12(13)11-6-4-3-5-10(9)11/h3-6,9,12-14H,2,7-8H2,1H3/t9?,12-,13-/m1/s1. The maximum Gasteiger partial charge on any atom is 0.0142 e. The summed E-state index contributed by atoms with van der Waals surface area (Å²) < 4.78 is 0. The van der Waals surface area contributed by atoms with Gasteiger partial charge in [-0.15, -0.1) is 0 Å². The number of benzene rings is 1. The zero-order valence-corrected chi connectivity index (χ0v) is 8.66. The molecule has 1 fully saturated rings. The Morgan fingerprint density at radius 2 is 2.00 bits per heavy atom. The Hall–Kier alpha value is -0.820. The van der Waals surface area contributed by atoms with E-state index in [1.807, 2.05) is 0 Å². The van der Waals surface area contributed by atoms with Crippen molar-refractivity contribution in [2.75, 3.05) is 6.54 Å². The maximum absolute atomic E-state index is 3.62. The van der Waals surface area contributed by atoms with E-state index >= 15 is 0 Å². The lowest BCUT2D eigenvalue weighted by molar-refractivity contribution is 0.479. The summed E-state index contributed by atoms with van der Waals surface area (Å²) in [5, 5.41) is 3.62. The normalized spacial score (nSPS) is 33.4. The van der Waals surface area contributed by atoms with Gasteiger partial charge in [-0.3, -0.25) is 0 Å². The molecule has 2 aliphatic rings. The Morgan fingerprint density at radius 3 is 2.79 bits per heavy atom. The van der Waals surface area contributed by atoms with E-state index < -0.39 is 0 Å². The van der Waals surface area contributed by atoms with Gasteiger partial charge >= 0.3 is 0 Å². The van der Waals surface area contributed by atoms with Crippen molar-refractivity contribution in [2.45, 2.75) is 37.6 Å². The molecule has 1 heteroatoms. The van der Waals surface area contributed by atoms with E-state index in [4.69, 9.17) is 0 Å². The number of fused-ring (bicyclic) bond motifs is 5. The minimum Gasteiger partial charge on any atom is -0.314 e. The first-order chi connectivity index (χ1) is 6.90. The number of hydrogen-bond donors (Lipinski definition) is 1. The van der Waals surface area contributed by atoms with Crippen LogP contribution in [0.2, 0.25) is 0 Å². The van der Waals surface area contributed by atoms with Gasteiger partial charge in [-0.25, -0.2) is 0 Å². The first-order valence-electron chi connectivity index (χ1n) is 5.72. The van der Waals surface area contributed by atoms with E-state index in [0.29, 0.717) is 0 Å². The fourth-order valence-electron chi connectivity index (χ4n) is 3.34. The van der Waals surface area contributed by atoms with Crippen molar-refractivity contribution in [2.24, 2.45) is 0 Å². The quantitative estimate of drug-likeness (QED) is 0.750. The summed E-state index contributed by atoms with van der Waals surface area (Å²) in [6, 6.07) is 9.76. The van der Waals surface area contributed by atoms with Gasteiger partial charge in [0.15, 0.2) is 0 Å². The highest BCUT2D eigenvalue weighted by molar-refractivity contribution is 5.42. The summed E-state index contributed by atoms with van der Waals surface area (Å²) in [7, 11) is 0. The highest BCUT2D eigenvalue weighted by Gasteiger charge is 2.42. The molecule has 0 saturated heterocycles. The summed E-state index contributed by atoms with van der Waals surface area (Å²) in [5.41, 5.74) is 3.25. The molecule has 1 nitrogen and oxygen atoms in total. The average Bonchev–Trinajstić information content (AvgIpc) is 2.77. The molecular formula is C13H17N. The van der Waals surface area contributed by atoms with E-state index in [2.05, 4.69) is 36.5 Å². The summed E-state index contributed by atoms with van der Waals surface area (Å²) >= 11 is 0. The van der Waals surface area contributed by atoms with E-state index in [0.717, 1.165) is 24.4 Å². The van der Waals surface area contributed by atoms with Crippen LogP contribution in [0.15, 0.2) is 24.3 Å². The molecule has 0 radical (unpaired) electrons. The SMILES string of the molecule is CCN[C@@H]1CC2C[C@@H]1c1ccccc12. The number of hydrogen-bond acceptors (Lipinski definition) is 1. The predicted molar refractivity (Wildman–Crippen MR) is 58.6 cm³/mol. The Balaban J connectivity index is 1.94. The topological polar surface area (TPSA) is 12.0 Å². The van der Waals surface area contributed by atoms with Crippen LogP contribution in [0.4, 0.5) is 0 Å². The first kappa shape index (κ1) is 8.49. The van der Waals surface area contributed by atoms with Crippen molar-refractivity contribution in [3.63, 3.8) is 0 Å². The molecule has 0 aromatic heterocycles. The molecule has 74 valence electrons. The van der Waals surface area contributed by atoms with Gasteiger partial charge in [0.05, 0.1) is 0 Å². The molecule has 14 heavy (non-hydrogen) atoms. The van der Waals surface area contributed by atoms with E-state index in [1.54, 1.807) is 11.1 Å². The van der Waals surface area contributed by atoms with Gasteiger partial charge in [0.2, 0.25) is 0 Å². The van der Waals surface area contributed by atoms with Crippen molar-refractivity contribution in [3.8, 4) is 0 Å². The average molecular weight is 187 g/mol. The van der Waals surface area contributed by atoms with Crippen molar-refractivity contribution in [1.82, 2.24) is 5.32 Å². The second kappa shape index (κ2) is 3.09. The number of rotatable bonds is 2. The van der Waals surface area contributed by atoms with Crippen molar-refractivity contribution >= 4 is 0 Å². The fraction of sp³-hybridized carbons (Fsp3) is 0.538.